The Balaban J connectivity index is 1.12. The van der Waals surface area contributed by atoms with Gasteiger partial charge in [-0.05, 0) is 95.9 Å². The van der Waals surface area contributed by atoms with Gasteiger partial charge in [-0.2, -0.15) is 5.10 Å². The Bertz CT molecular complexity index is 2450. The van der Waals surface area contributed by atoms with E-state index in [-0.39, 0.29) is 5.91 Å². The Morgan fingerprint density at radius 1 is 0.556 bits per heavy atom. The molecule has 54 heavy (non-hydrogen) atoms. The zero-order chi connectivity index (χ0) is 36.7. The monoisotopic (exact) mass is 702 g/mol. The van der Waals surface area contributed by atoms with Crippen molar-refractivity contribution >= 4 is 12.1 Å². The van der Waals surface area contributed by atoms with Crippen molar-refractivity contribution in [3.05, 3.63) is 199 Å². The first-order valence-corrected chi connectivity index (χ1v) is 18.0. The van der Waals surface area contributed by atoms with Crippen LogP contribution in [0.5, 0.6) is 5.75 Å². The van der Waals surface area contributed by atoms with Crippen LogP contribution in [0.1, 0.15) is 22.8 Å². The van der Waals surface area contributed by atoms with Crippen LogP contribution in [0.3, 0.4) is 0 Å². The minimum absolute atomic E-state index is 0.299. The van der Waals surface area contributed by atoms with E-state index in [1.165, 1.54) is 0 Å². The number of nitrogens with one attached hydrogen (secondary N) is 1. The summed E-state index contributed by atoms with van der Waals surface area (Å²) in [6.45, 7) is 2.58. The van der Waals surface area contributed by atoms with E-state index in [0.717, 1.165) is 67.7 Å². The topological polar surface area (TPSA) is 60.5 Å². The fourth-order valence-electron chi connectivity index (χ4n) is 6.84. The third-order valence-corrected chi connectivity index (χ3v) is 9.33. The van der Waals surface area contributed by atoms with E-state index in [1.807, 2.05) is 116 Å². The molecule has 0 unspecified atom stereocenters. The summed E-state index contributed by atoms with van der Waals surface area (Å²) in [6, 6.07) is 63.3. The molecule has 0 spiro atoms. The molecule has 0 saturated heterocycles. The molecule has 0 bridgehead atoms. The lowest BCUT2D eigenvalue weighted by molar-refractivity contribution is 0.0955. The fourth-order valence-corrected chi connectivity index (χ4v) is 6.84. The van der Waals surface area contributed by atoms with Gasteiger partial charge in [0.25, 0.3) is 5.91 Å². The number of hydrazone groups is 1. The van der Waals surface area contributed by atoms with Gasteiger partial charge in [0.1, 0.15) is 5.75 Å². The second-order valence-corrected chi connectivity index (χ2v) is 12.7. The molecule has 0 saturated carbocycles. The van der Waals surface area contributed by atoms with Gasteiger partial charge in [-0.1, -0.05) is 121 Å². The highest BCUT2D eigenvalue weighted by molar-refractivity contribution is 5.97. The van der Waals surface area contributed by atoms with Crippen LogP contribution in [0.25, 0.3) is 56.4 Å². The van der Waals surface area contributed by atoms with Crippen LogP contribution in [-0.2, 0) is 0 Å². The van der Waals surface area contributed by atoms with Gasteiger partial charge < -0.3 is 13.9 Å². The summed E-state index contributed by atoms with van der Waals surface area (Å²) >= 11 is 0. The number of carbonyl (C=O) groups is 1. The first kappa shape index (κ1) is 33.9. The van der Waals surface area contributed by atoms with Crippen molar-refractivity contribution in [2.75, 3.05) is 6.61 Å². The Morgan fingerprint density at radius 3 is 1.54 bits per heavy atom. The van der Waals surface area contributed by atoms with Crippen molar-refractivity contribution in [3.8, 4) is 62.2 Å². The molecule has 1 N–H and O–H groups in total. The molecule has 0 aliphatic rings. The summed E-state index contributed by atoms with van der Waals surface area (Å²) in [5.41, 5.74) is 14.5. The van der Waals surface area contributed by atoms with Gasteiger partial charge in [0.2, 0.25) is 0 Å². The maximum atomic E-state index is 13.5. The van der Waals surface area contributed by atoms with Crippen LogP contribution in [0.15, 0.2) is 193 Å². The number of ether oxygens (including phenoxy) is 1. The fraction of sp³-hybridized carbons (Fsp3) is 0.0417. The summed E-state index contributed by atoms with van der Waals surface area (Å²) in [4.78, 5) is 13.5. The highest BCUT2D eigenvalue weighted by atomic mass is 16.5. The van der Waals surface area contributed by atoms with Crippen molar-refractivity contribution in [2.24, 2.45) is 5.10 Å². The minimum Gasteiger partial charge on any atom is -0.494 e. The normalized spacial score (nSPS) is 11.1. The molecule has 0 aliphatic heterocycles. The molecule has 1 amide bonds. The average molecular weight is 703 g/mol. The van der Waals surface area contributed by atoms with E-state index in [0.29, 0.717) is 12.2 Å². The summed E-state index contributed by atoms with van der Waals surface area (Å²) in [6.07, 6.45) is 1.73. The summed E-state index contributed by atoms with van der Waals surface area (Å²) in [5.74, 6) is 0.516. The number of benzene rings is 6. The Morgan fingerprint density at radius 2 is 1.02 bits per heavy atom. The van der Waals surface area contributed by atoms with Crippen molar-refractivity contribution in [1.82, 2.24) is 14.6 Å². The Labute approximate surface area is 315 Å². The first-order valence-electron chi connectivity index (χ1n) is 18.0. The molecule has 2 aromatic heterocycles. The van der Waals surface area contributed by atoms with E-state index in [2.05, 4.69) is 98.5 Å². The molecule has 8 rings (SSSR count). The van der Waals surface area contributed by atoms with Crippen LogP contribution in [0.4, 0.5) is 0 Å². The lowest BCUT2D eigenvalue weighted by Crippen LogP contribution is -2.17. The van der Waals surface area contributed by atoms with Crippen molar-refractivity contribution < 1.29 is 9.53 Å². The van der Waals surface area contributed by atoms with Gasteiger partial charge in [-0.25, -0.2) is 5.43 Å². The molecule has 0 radical (unpaired) electrons. The molecular formula is C48H38N4O2. The number of amides is 1. The van der Waals surface area contributed by atoms with Crippen molar-refractivity contribution in [1.29, 1.82) is 0 Å². The number of rotatable bonds is 11. The Hall–Kier alpha value is -7.18. The molecule has 0 fully saturated rings. The maximum Gasteiger partial charge on any atom is 0.271 e. The van der Waals surface area contributed by atoms with E-state index in [4.69, 9.17) is 4.74 Å². The molecule has 2 heterocycles. The quantitative estimate of drug-likeness (QED) is 0.108. The lowest BCUT2D eigenvalue weighted by atomic mass is 10.1. The van der Waals surface area contributed by atoms with Crippen molar-refractivity contribution in [3.63, 3.8) is 0 Å². The minimum atomic E-state index is -0.299. The standard InChI is InChI=1S/C48H38N4O2/c1-2-54-43-29-27-42(28-30-43)52-46(37-19-11-5-12-20-37)33-40(47(52)38-21-13-6-14-22-38)34-49-50-48(53)39-23-25-41(26-24-39)51-44(35-15-7-3-8-16-35)31-32-45(51)36-17-9-4-10-18-36/h3-34H,2H2,1H3,(H,50,53)/b49-34+. The van der Waals surface area contributed by atoms with Crippen LogP contribution < -0.4 is 10.2 Å². The van der Waals surface area contributed by atoms with Gasteiger partial charge in [-0.15, -0.1) is 0 Å². The summed E-state index contributed by atoms with van der Waals surface area (Å²) in [5, 5.41) is 4.50. The first-order chi connectivity index (χ1) is 26.7. The van der Waals surface area contributed by atoms with E-state index < -0.39 is 0 Å². The van der Waals surface area contributed by atoms with E-state index in [1.54, 1.807) is 6.21 Å². The highest BCUT2D eigenvalue weighted by Gasteiger charge is 2.19. The number of nitrogens with zero attached hydrogens (tertiary/aromatic N) is 3. The van der Waals surface area contributed by atoms with Crippen LogP contribution >= 0.6 is 0 Å². The zero-order valence-electron chi connectivity index (χ0n) is 29.8. The predicted molar refractivity (Wildman–Crippen MR) is 220 cm³/mol. The molecule has 8 aromatic rings. The largest absolute Gasteiger partial charge is 0.494 e. The van der Waals surface area contributed by atoms with Gasteiger partial charge in [0.15, 0.2) is 0 Å². The summed E-state index contributed by atoms with van der Waals surface area (Å²) < 4.78 is 10.2. The molecule has 6 heteroatoms. The number of hydrogen-bond acceptors (Lipinski definition) is 3. The zero-order valence-corrected chi connectivity index (χ0v) is 29.8. The molecule has 6 nitrogen and oxygen atoms in total. The van der Waals surface area contributed by atoms with Gasteiger partial charge in [-0.3, -0.25) is 4.79 Å². The van der Waals surface area contributed by atoms with Crippen LogP contribution in [0.2, 0.25) is 0 Å². The molecule has 6 aromatic carbocycles. The number of aromatic nitrogens is 2. The molecule has 262 valence electrons. The highest BCUT2D eigenvalue weighted by Crippen LogP contribution is 2.36. The van der Waals surface area contributed by atoms with Gasteiger partial charge in [0, 0.05) is 22.5 Å². The predicted octanol–water partition coefficient (Wildman–Crippen LogP) is 11.1. The Kier molecular flexibility index (Phi) is 9.80. The van der Waals surface area contributed by atoms with Gasteiger partial charge in [0.05, 0.1) is 35.6 Å². The maximum absolute atomic E-state index is 13.5. The van der Waals surface area contributed by atoms with Crippen LogP contribution in [-0.4, -0.2) is 27.9 Å². The van der Waals surface area contributed by atoms with E-state index in [9.17, 15) is 4.79 Å². The smallest absolute Gasteiger partial charge is 0.271 e. The van der Waals surface area contributed by atoms with Crippen molar-refractivity contribution in [2.45, 2.75) is 6.92 Å². The van der Waals surface area contributed by atoms with Gasteiger partial charge >= 0.3 is 0 Å². The van der Waals surface area contributed by atoms with Crippen LogP contribution in [0, 0.1) is 0 Å². The second-order valence-electron chi connectivity index (χ2n) is 12.7. The molecule has 0 aliphatic carbocycles. The second kappa shape index (κ2) is 15.6. The summed E-state index contributed by atoms with van der Waals surface area (Å²) in [7, 11) is 0. The lowest BCUT2D eigenvalue weighted by Gasteiger charge is -2.15. The molecule has 0 atom stereocenters. The number of hydrogen-bond donors (Lipinski definition) is 1. The van der Waals surface area contributed by atoms with E-state index >= 15 is 0 Å². The number of carbonyl (C=O) groups excluding carboxylic acids is 1. The molecular weight excluding hydrogens is 665 g/mol. The third-order valence-electron chi connectivity index (χ3n) is 9.33. The third kappa shape index (κ3) is 7.01. The average Bonchev–Trinajstić information content (AvgIpc) is 3.86. The SMILES string of the molecule is CCOc1ccc(-n2c(-c3ccccc3)cc(/C=N/NC(=O)c3ccc(-n4c(-c5ccccc5)ccc4-c4ccccc4)cc3)c2-c2ccccc2)cc1.